The van der Waals surface area contributed by atoms with Gasteiger partial charge in [-0.05, 0) is 67.0 Å². The summed E-state index contributed by atoms with van der Waals surface area (Å²) in [6.07, 6.45) is 9.39. The van der Waals surface area contributed by atoms with Crippen LogP contribution >= 0.6 is 0 Å². The quantitative estimate of drug-likeness (QED) is 0.487. The summed E-state index contributed by atoms with van der Waals surface area (Å²) in [5, 5.41) is 12.7. The highest BCUT2D eigenvalue weighted by Crippen LogP contribution is 2.43. The van der Waals surface area contributed by atoms with Crippen molar-refractivity contribution in [3.63, 3.8) is 0 Å². The second-order valence-electron chi connectivity index (χ2n) is 9.88. The number of hydrogen-bond donors (Lipinski definition) is 2. The third kappa shape index (κ3) is 4.80. The molecule has 1 saturated carbocycles. The average molecular weight is 470 g/mol. The SMILES string of the molecule is Cn1cncc1C(N)Cc1ccc(C#N)c(Oc2cccc(C3(CCC4CC4)CCNC3=O)c2)c1. The fourth-order valence-electron chi connectivity index (χ4n) is 5.13. The van der Waals surface area contributed by atoms with E-state index in [-0.39, 0.29) is 11.9 Å². The molecular weight excluding hydrogens is 438 g/mol. The van der Waals surface area contributed by atoms with Gasteiger partial charge < -0.3 is 20.4 Å². The molecule has 1 saturated heterocycles. The molecule has 2 aliphatic rings. The molecule has 5 rings (SSSR count). The first-order valence-corrected chi connectivity index (χ1v) is 12.3. The molecule has 2 atom stereocenters. The van der Waals surface area contributed by atoms with Gasteiger partial charge in [0, 0.05) is 19.8 Å². The number of benzene rings is 2. The first kappa shape index (κ1) is 23.1. The summed E-state index contributed by atoms with van der Waals surface area (Å²) in [6, 6.07) is 15.4. The van der Waals surface area contributed by atoms with Crippen molar-refractivity contribution in [3.8, 4) is 17.6 Å². The van der Waals surface area contributed by atoms with Gasteiger partial charge in [0.1, 0.15) is 17.6 Å². The Balaban J connectivity index is 1.39. The highest BCUT2D eigenvalue weighted by molar-refractivity contribution is 5.90. The van der Waals surface area contributed by atoms with Crippen molar-refractivity contribution in [2.24, 2.45) is 18.7 Å². The number of aromatic nitrogens is 2. The Morgan fingerprint density at radius 1 is 1.31 bits per heavy atom. The van der Waals surface area contributed by atoms with E-state index in [1.807, 2.05) is 48.0 Å². The zero-order valence-corrected chi connectivity index (χ0v) is 20.0. The maximum atomic E-state index is 13.0. The minimum atomic E-state index is -0.502. The van der Waals surface area contributed by atoms with E-state index in [1.54, 1.807) is 18.6 Å². The Bertz CT molecular complexity index is 1270. The highest BCUT2D eigenvalue weighted by Gasteiger charge is 2.44. The Kier molecular flexibility index (Phi) is 6.31. The number of rotatable bonds is 9. The van der Waals surface area contributed by atoms with Crippen LogP contribution in [0.5, 0.6) is 11.5 Å². The fourth-order valence-corrected chi connectivity index (χ4v) is 5.13. The summed E-state index contributed by atoms with van der Waals surface area (Å²) in [7, 11) is 1.92. The predicted molar refractivity (Wildman–Crippen MR) is 133 cm³/mol. The van der Waals surface area contributed by atoms with Crippen molar-refractivity contribution in [1.82, 2.24) is 14.9 Å². The molecule has 3 N–H and O–H groups in total. The molecule has 1 amide bonds. The monoisotopic (exact) mass is 469 g/mol. The summed E-state index contributed by atoms with van der Waals surface area (Å²) in [4.78, 5) is 17.1. The van der Waals surface area contributed by atoms with Gasteiger partial charge in [-0.3, -0.25) is 4.79 Å². The van der Waals surface area contributed by atoms with Crippen molar-refractivity contribution in [2.75, 3.05) is 6.54 Å². The van der Waals surface area contributed by atoms with E-state index in [0.29, 0.717) is 30.0 Å². The number of imidazole rings is 1. The lowest BCUT2D eigenvalue weighted by Crippen LogP contribution is -2.35. The summed E-state index contributed by atoms with van der Waals surface area (Å²) in [5.74, 6) is 1.98. The summed E-state index contributed by atoms with van der Waals surface area (Å²) in [5.41, 5.74) is 9.26. The number of carbonyl (C=O) groups excluding carboxylic acids is 1. The number of ether oxygens (including phenoxy) is 1. The lowest BCUT2D eigenvalue weighted by atomic mass is 9.75. The van der Waals surface area contributed by atoms with Crippen LogP contribution in [-0.2, 0) is 23.7 Å². The average Bonchev–Trinajstić information content (AvgIpc) is 3.47. The second kappa shape index (κ2) is 9.55. The van der Waals surface area contributed by atoms with Crippen molar-refractivity contribution in [2.45, 2.75) is 50.0 Å². The topological polar surface area (TPSA) is 106 Å². The van der Waals surface area contributed by atoms with E-state index in [1.165, 1.54) is 12.8 Å². The highest BCUT2D eigenvalue weighted by atomic mass is 16.5. The molecule has 7 nitrogen and oxygen atoms in total. The van der Waals surface area contributed by atoms with Gasteiger partial charge in [-0.1, -0.05) is 31.0 Å². The van der Waals surface area contributed by atoms with E-state index in [2.05, 4.69) is 16.4 Å². The molecule has 2 unspecified atom stereocenters. The van der Waals surface area contributed by atoms with Gasteiger partial charge in [0.2, 0.25) is 5.91 Å². The van der Waals surface area contributed by atoms with Gasteiger partial charge in [0.05, 0.1) is 29.0 Å². The predicted octanol–water partition coefficient (Wildman–Crippen LogP) is 4.27. The van der Waals surface area contributed by atoms with Gasteiger partial charge in [-0.15, -0.1) is 0 Å². The van der Waals surface area contributed by atoms with Crippen molar-refractivity contribution in [3.05, 3.63) is 77.4 Å². The van der Waals surface area contributed by atoms with Crippen LogP contribution in [-0.4, -0.2) is 22.0 Å². The normalized spacial score (nSPS) is 20.3. The Labute approximate surface area is 205 Å². The molecule has 2 aromatic carbocycles. The molecule has 0 radical (unpaired) electrons. The molecule has 2 heterocycles. The standard InChI is InChI=1S/C28H31N5O2/c1-33-18-31-17-25(33)24(30)13-20-7-8-21(16-29)26(14-20)35-23-4-2-3-22(15-23)28(10-9-19-5-6-19)11-12-32-27(28)34/h2-4,7-8,14-15,17-19,24H,5-6,9-13,30H2,1H3,(H,32,34). The maximum Gasteiger partial charge on any atom is 0.230 e. The number of hydrogen-bond acceptors (Lipinski definition) is 5. The molecule has 180 valence electrons. The molecule has 1 aliphatic carbocycles. The van der Waals surface area contributed by atoms with Gasteiger partial charge in [-0.25, -0.2) is 4.98 Å². The smallest absolute Gasteiger partial charge is 0.230 e. The molecule has 2 fully saturated rings. The molecule has 0 bridgehead atoms. The van der Waals surface area contributed by atoms with Gasteiger partial charge in [0.25, 0.3) is 0 Å². The first-order chi connectivity index (χ1) is 17.0. The van der Waals surface area contributed by atoms with Crippen LogP contribution in [0.2, 0.25) is 0 Å². The van der Waals surface area contributed by atoms with Crippen molar-refractivity contribution in [1.29, 1.82) is 5.26 Å². The number of amides is 1. The number of nitrogens with zero attached hydrogens (tertiary/aromatic N) is 3. The van der Waals surface area contributed by atoms with Gasteiger partial charge >= 0.3 is 0 Å². The minimum absolute atomic E-state index is 0.110. The molecule has 0 spiro atoms. The number of carbonyl (C=O) groups is 1. The second-order valence-corrected chi connectivity index (χ2v) is 9.88. The van der Waals surface area contributed by atoms with Crippen LogP contribution in [0, 0.1) is 17.2 Å². The van der Waals surface area contributed by atoms with E-state index in [0.717, 1.165) is 42.0 Å². The lowest BCUT2D eigenvalue weighted by molar-refractivity contribution is -0.124. The van der Waals surface area contributed by atoms with Gasteiger partial charge in [-0.2, -0.15) is 5.26 Å². The third-order valence-electron chi connectivity index (χ3n) is 7.42. The Morgan fingerprint density at radius 3 is 2.86 bits per heavy atom. The van der Waals surface area contributed by atoms with E-state index >= 15 is 0 Å². The van der Waals surface area contributed by atoms with Crippen LogP contribution < -0.4 is 15.8 Å². The van der Waals surface area contributed by atoms with Crippen LogP contribution in [0.1, 0.15) is 60.5 Å². The van der Waals surface area contributed by atoms with Gasteiger partial charge in [0.15, 0.2) is 0 Å². The number of nitrogens with two attached hydrogens (primary N) is 1. The number of nitrogens with one attached hydrogen (secondary N) is 1. The van der Waals surface area contributed by atoms with Crippen LogP contribution in [0.4, 0.5) is 0 Å². The largest absolute Gasteiger partial charge is 0.456 e. The molecule has 3 aromatic rings. The third-order valence-corrected chi connectivity index (χ3v) is 7.42. The van der Waals surface area contributed by atoms with E-state index in [4.69, 9.17) is 10.5 Å². The summed E-state index contributed by atoms with van der Waals surface area (Å²) < 4.78 is 8.16. The van der Waals surface area contributed by atoms with Crippen LogP contribution in [0.25, 0.3) is 0 Å². The molecule has 35 heavy (non-hydrogen) atoms. The number of aryl methyl sites for hydroxylation is 1. The maximum absolute atomic E-state index is 13.0. The Morgan fingerprint density at radius 2 is 2.17 bits per heavy atom. The first-order valence-electron chi connectivity index (χ1n) is 12.3. The zero-order chi connectivity index (χ0) is 24.4. The minimum Gasteiger partial charge on any atom is -0.456 e. The lowest BCUT2D eigenvalue weighted by Gasteiger charge is -2.27. The number of nitriles is 1. The summed E-state index contributed by atoms with van der Waals surface area (Å²) in [6.45, 7) is 0.701. The Hall–Kier alpha value is -3.63. The fraction of sp³-hybridized carbons (Fsp3) is 0.393. The summed E-state index contributed by atoms with van der Waals surface area (Å²) >= 11 is 0. The molecule has 1 aromatic heterocycles. The van der Waals surface area contributed by atoms with E-state index < -0.39 is 5.41 Å². The van der Waals surface area contributed by atoms with Crippen LogP contribution in [0.15, 0.2) is 55.0 Å². The molecule has 7 heteroatoms. The molecular formula is C28H31N5O2. The van der Waals surface area contributed by atoms with Crippen molar-refractivity contribution < 1.29 is 9.53 Å². The van der Waals surface area contributed by atoms with E-state index in [9.17, 15) is 10.1 Å². The van der Waals surface area contributed by atoms with Crippen molar-refractivity contribution >= 4 is 5.91 Å². The zero-order valence-electron chi connectivity index (χ0n) is 20.0. The van der Waals surface area contributed by atoms with Crippen LogP contribution in [0.3, 0.4) is 0 Å². The molecule has 1 aliphatic heterocycles.